The monoisotopic (exact) mass is 720 g/mol. The molecule has 52 heavy (non-hydrogen) atoms. The molecule has 2 aromatic carbocycles. The number of Topliss-reactive ketones (excluding diaryl/α,β-unsaturated/α-hetero) is 1. The molecular weight excluding hydrogens is 677 g/mol. The van der Waals surface area contributed by atoms with E-state index in [1.165, 1.54) is 24.6 Å². The summed E-state index contributed by atoms with van der Waals surface area (Å²) in [7, 11) is 2.14. The van der Waals surface area contributed by atoms with Crippen LogP contribution < -0.4 is 9.47 Å². The van der Waals surface area contributed by atoms with E-state index in [0.29, 0.717) is 18.4 Å². The molecule has 3 heterocycles. The molecule has 0 saturated carbocycles. The van der Waals surface area contributed by atoms with Gasteiger partial charge in [-0.3, -0.25) is 4.79 Å². The van der Waals surface area contributed by atoms with Crippen LogP contribution in [0.3, 0.4) is 0 Å². The summed E-state index contributed by atoms with van der Waals surface area (Å²) >= 11 is 0. The van der Waals surface area contributed by atoms with Crippen LogP contribution in [-0.2, 0) is 4.74 Å². The van der Waals surface area contributed by atoms with Gasteiger partial charge in [-0.05, 0) is 93.9 Å². The number of aliphatic hydroxyl groups is 2. The van der Waals surface area contributed by atoms with Crippen molar-refractivity contribution in [1.82, 2.24) is 9.88 Å². The molecule has 0 amide bonds. The summed E-state index contributed by atoms with van der Waals surface area (Å²) in [6, 6.07) is 6.42. The fourth-order valence-electron chi connectivity index (χ4n) is 9.79. The number of likely N-dealkylation sites (tertiary alicyclic amines) is 1. The first-order valence-electron chi connectivity index (χ1n) is 18.0. The fourth-order valence-corrected chi connectivity index (χ4v) is 9.79. The maximum absolute atomic E-state index is 13.9. The van der Waals surface area contributed by atoms with Gasteiger partial charge in [0.15, 0.2) is 11.5 Å². The van der Waals surface area contributed by atoms with Gasteiger partial charge in [-0.1, -0.05) is 36.8 Å². The van der Waals surface area contributed by atoms with E-state index in [1.54, 1.807) is 25.1 Å². The standard InChI is InChI=1S/C40H43F3N2O7/c1-20(23-5-8-25(41)9-6-23)13-17-49-34-32(30(22(3)46)21(2)31-33(34)51-38(44-31)37(42)43)50-18-15-40-29(48)12-7-24-19-27-26-10-11-28(47)36(52-40)39(26,35(24)40)14-16-45(27)4/h5-6,8-12,20,26-28,36-37,47-48H,7,13-19H2,1-4H3/t20?,26-,27+,28-,36-,39-,40?/m0/s1. The molecule has 1 spiro atoms. The summed E-state index contributed by atoms with van der Waals surface area (Å²) in [6.45, 7) is 5.79. The largest absolute Gasteiger partial charge is 0.509 e. The van der Waals surface area contributed by atoms with Crippen molar-refractivity contribution < 1.29 is 46.8 Å². The Balaban J connectivity index is 1.15. The van der Waals surface area contributed by atoms with Gasteiger partial charge in [-0.2, -0.15) is 8.78 Å². The number of piperidine rings is 1. The van der Waals surface area contributed by atoms with Crippen LogP contribution in [0.1, 0.15) is 85.7 Å². The quantitative estimate of drug-likeness (QED) is 0.152. The highest BCUT2D eigenvalue weighted by Crippen LogP contribution is 2.68. The average Bonchev–Trinajstić information content (AvgIpc) is 3.69. The molecule has 2 aliphatic heterocycles. The van der Waals surface area contributed by atoms with Gasteiger partial charge in [-0.15, -0.1) is 0 Å². The maximum atomic E-state index is 13.9. The Hall–Kier alpha value is -4.13. The van der Waals surface area contributed by atoms with Crippen molar-refractivity contribution in [2.45, 2.75) is 89.1 Å². The molecular formula is C40H43F3N2O7. The number of rotatable bonds is 11. The van der Waals surface area contributed by atoms with Crippen LogP contribution in [0.4, 0.5) is 13.2 Å². The highest BCUT2D eigenvalue weighted by molar-refractivity contribution is 6.05. The number of ketones is 1. The Bertz CT molecular complexity index is 2020. The average molecular weight is 721 g/mol. The molecule has 0 radical (unpaired) electrons. The number of ether oxygens (including phenoxy) is 3. The summed E-state index contributed by atoms with van der Waals surface area (Å²) in [6.07, 6.45) is 4.10. The molecule has 9 nitrogen and oxygen atoms in total. The number of fused-ring (bicyclic) bond motifs is 1. The van der Waals surface area contributed by atoms with Crippen LogP contribution in [0, 0.1) is 24.1 Å². The topological polar surface area (TPSA) is 114 Å². The Morgan fingerprint density at radius 1 is 1.15 bits per heavy atom. The Morgan fingerprint density at radius 3 is 2.63 bits per heavy atom. The summed E-state index contributed by atoms with van der Waals surface area (Å²) in [4.78, 5) is 19.7. The van der Waals surface area contributed by atoms with E-state index in [2.05, 4.69) is 23.0 Å². The lowest BCUT2D eigenvalue weighted by atomic mass is 9.50. The van der Waals surface area contributed by atoms with Crippen LogP contribution >= 0.6 is 0 Å². The van der Waals surface area contributed by atoms with Crippen molar-refractivity contribution in [3.05, 3.63) is 87.8 Å². The van der Waals surface area contributed by atoms with Gasteiger partial charge in [0.05, 0.1) is 31.0 Å². The fraction of sp³-hybridized carbons (Fsp3) is 0.500. The molecule has 5 aliphatic rings. The Kier molecular flexibility index (Phi) is 8.58. The van der Waals surface area contributed by atoms with Crippen molar-refractivity contribution in [3.63, 3.8) is 0 Å². The van der Waals surface area contributed by atoms with E-state index in [4.69, 9.17) is 18.6 Å². The van der Waals surface area contributed by atoms with Crippen molar-refractivity contribution in [2.24, 2.45) is 11.3 Å². The van der Waals surface area contributed by atoms with E-state index in [0.717, 1.165) is 30.5 Å². The second kappa shape index (κ2) is 12.8. The molecule has 2 fully saturated rings. The van der Waals surface area contributed by atoms with Gasteiger partial charge in [0.2, 0.25) is 11.3 Å². The summed E-state index contributed by atoms with van der Waals surface area (Å²) in [5.41, 5.74) is 1.85. The lowest BCUT2D eigenvalue weighted by Crippen LogP contribution is -2.61. The first-order chi connectivity index (χ1) is 24.9. The molecule has 276 valence electrons. The first kappa shape index (κ1) is 34.9. The predicted octanol–water partition coefficient (Wildman–Crippen LogP) is 7.68. The van der Waals surface area contributed by atoms with Crippen molar-refractivity contribution in [2.75, 3.05) is 26.8 Å². The van der Waals surface area contributed by atoms with Crippen LogP contribution in [0.15, 0.2) is 63.8 Å². The zero-order chi connectivity index (χ0) is 36.7. The number of hydrogen-bond acceptors (Lipinski definition) is 9. The van der Waals surface area contributed by atoms with Gasteiger partial charge >= 0.3 is 6.43 Å². The van der Waals surface area contributed by atoms with E-state index >= 15 is 0 Å². The summed E-state index contributed by atoms with van der Waals surface area (Å²) < 4.78 is 66.6. The number of benzene rings is 2. The number of allylic oxidation sites excluding steroid dienone is 1. The highest BCUT2D eigenvalue weighted by atomic mass is 19.3. The van der Waals surface area contributed by atoms with Gasteiger partial charge in [-0.25, -0.2) is 9.37 Å². The lowest BCUT2D eigenvalue weighted by Gasteiger charge is -2.58. The van der Waals surface area contributed by atoms with E-state index in [9.17, 15) is 28.2 Å². The molecule has 2 N–H and O–H groups in total. The zero-order valence-electron chi connectivity index (χ0n) is 29.6. The summed E-state index contributed by atoms with van der Waals surface area (Å²) in [5.74, 6) is -1.38. The molecule has 2 bridgehead atoms. The smallest absolute Gasteiger partial charge is 0.313 e. The third-order valence-corrected chi connectivity index (χ3v) is 12.2. The molecule has 2 saturated heterocycles. The Morgan fingerprint density at radius 2 is 1.90 bits per heavy atom. The van der Waals surface area contributed by atoms with Crippen LogP contribution in [0.5, 0.6) is 11.5 Å². The SMILES string of the molecule is CC(=O)c1c(OCCC23O[C@H]4[C@@H](O)C=C[C@H]5[C@H]6CC(=C2[C@]54CCN6C)CC=C3O)c(OCCC(C)c2ccc(F)cc2)c2oc(C(F)F)nc2c1C. The molecule has 2 unspecified atom stereocenters. The number of aromatic nitrogens is 1. The molecule has 3 aromatic rings. The van der Waals surface area contributed by atoms with Crippen molar-refractivity contribution in [3.8, 4) is 11.5 Å². The van der Waals surface area contributed by atoms with Crippen molar-refractivity contribution >= 4 is 16.9 Å². The highest BCUT2D eigenvalue weighted by Gasteiger charge is 2.71. The minimum atomic E-state index is -3.00. The number of halogens is 3. The molecule has 12 heteroatoms. The number of carbonyl (C=O) groups excluding carboxylic acids is 1. The second-order valence-electron chi connectivity index (χ2n) is 15.0. The number of hydrogen-bond donors (Lipinski definition) is 2. The van der Waals surface area contributed by atoms with Gasteiger partial charge < -0.3 is 33.7 Å². The first-order valence-corrected chi connectivity index (χ1v) is 18.0. The number of alkyl halides is 2. The number of nitrogens with zero attached hydrogens (tertiary/aromatic N) is 2. The van der Waals surface area contributed by atoms with E-state index in [1.807, 2.05) is 13.0 Å². The second-order valence-corrected chi connectivity index (χ2v) is 15.0. The maximum Gasteiger partial charge on any atom is 0.313 e. The minimum absolute atomic E-state index is 0.0209. The molecule has 1 aromatic heterocycles. The van der Waals surface area contributed by atoms with Crippen molar-refractivity contribution in [1.29, 1.82) is 0 Å². The Labute approximate surface area is 299 Å². The molecule has 8 rings (SSSR count). The third-order valence-electron chi connectivity index (χ3n) is 12.2. The third kappa shape index (κ3) is 5.15. The minimum Gasteiger partial charge on any atom is -0.509 e. The van der Waals surface area contributed by atoms with E-state index in [-0.39, 0.29) is 83.0 Å². The predicted molar refractivity (Wildman–Crippen MR) is 185 cm³/mol. The van der Waals surface area contributed by atoms with Gasteiger partial charge in [0.25, 0.3) is 5.89 Å². The number of oxazole rings is 1. The normalized spacial score (nSPS) is 29.8. The number of carbonyl (C=O) groups is 1. The number of aryl methyl sites for hydroxylation is 1. The van der Waals surface area contributed by atoms with Gasteiger partial charge in [0, 0.05) is 23.8 Å². The summed E-state index contributed by atoms with van der Waals surface area (Å²) in [5, 5.41) is 23.0. The lowest BCUT2D eigenvalue weighted by molar-refractivity contribution is -0.122. The van der Waals surface area contributed by atoms with Gasteiger partial charge in [0.1, 0.15) is 22.7 Å². The van der Waals surface area contributed by atoms with Crippen LogP contribution in [0.2, 0.25) is 0 Å². The van der Waals surface area contributed by atoms with Crippen LogP contribution in [-0.4, -0.2) is 76.5 Å². The van der Waals surface area contributed by atoms with Crippen LogP contribution in [0.25, 0.3) is 11.1 Å². The molecule has 3 aliphatic carbocycles. The zero-order valence-corrected chi connectivity index (χ0v) is 29.6. The molecule has 7 atom stereocenters. The van der Waals surface area contributed by atoms with E-state index < -0.39 is 35.5 Å². The number of aliphatic hydroxyl groups excluding tert-OH is 2.